The molecule has 8 nitrogen and oxygen atoms in total. The molecule has 0 aliphatic carbocycles. The molecule has 1 unspecified atom stereocenters. The molecule has 8 heteroatoms. The molecule has 0 amide bonds. The molecule has 0 radical (unpaired) electrons. The van der Waals surface area contributed by atoms with Gasteiger partial charge in [-0.15, -0.1) is 0 Å². The number of pyridine rings is 3. The van der Waals surface area contributed by atoms with E-state index in [4.69, 9.17) is 9.72 Å². The molecule has 0 fully saturated rings. The average Bonchev–Trinajstić information content (AvgIpc) is 3.02. The second-order valence-electron chi connectivity index (χ2n) is 7.25. The number of nitrogens with zero attached hydrogens (tertiary/aromatic N) is 4. The van der Waals surface area contributed by atoms with Crippen LogP contribution in [0.25, 0.3) is 28.0 Å². The second-order valence-corrected chi connectivity index (χ2v) is 7.25. The van der Waals surface area contributed by atoms with E-state index in [1.165, 1.54) is 4.57 Å². The van der Waals surface area contributed by atoms with Gasteiger partial charge in [0, 0.05) is 30.6 Å². The summed E-state index contributed by atoms with van der Waals surface area (Å²) in [4.78, 5) is 36.8. The molecule has 5 heterocycles. The van der Waals surface area contributed by atoms with Gasteiger partial charge in [0.2, 0.25) is 0 Å². The van der Waals surface area contributed by atoms with Gasteiger partial charge in [0.15, 0.2) is 11.1 Å². The van der Waals surface area contributed by atoms with Crippen molar-refractivity contribution in [2.45, 2.75) is 38.8 Å². The quantitative estimate of drug-likeness (QED) is 0.508. The first-order chi connectivity index (χ1) is 13.5. The lowest BCUT2D eigenvalue weighted by Crippen LogP contribution is -2.21. The number of imidazole rings is 1. The van der Waals surface area contributed by atoms with Gasteiger partial charge in [0.05, 0.1) is 11.5 Å². The Kier molecular flexibility index (Phi) is 3.61. The van der Waals surface area contributed by atoms with Crippen LogP contribution >= 0.6 is 0 Å². The van der Waals surface area contributed by atoms with Gasteiger partial charge in [-0.25, -0.2) is 19.3 Å². The van der Waals surface area contributed by atoms with Crippen molar-refractivity contribution in [2.24, 2.45) is 0 Å². The van der Waals surface area contributed by atoms with Crippen LogP contribution in [0.2, 0.25) is 0 Å². The van der Waals surface area contributed by atoms with Gasteiger partial charge in [0.1, 0.15) is 22.7 Å². The number of hydrogen-bond acceptors (Lipinski definition) is 5. The van der Waals surface area contributed by atoms with Crippen molar-refractivity contribution in [3.05, 3.63) is 57.4 Å². The van der Waals surface area contributed by atoms with Crippen LogP contribution in [0.5, 0.6) is 5.75 Å². The maximum atomic E-state index is 12.7. The molecule has 0 spiro atoms. The summed E-state index contributed by atoms with van der Waals surface area (Å²) in [7, 11) is 0. The highest BCUT2D eigenvalue weighted by atomic mass is 16.5. The topological polar surface area (TPSA) is 94.8 Å². The Morgan fingerprint density at radius 3 is 2.86 bits per heavy atom. The van der Waals surface area contributed by atoms with Gasteiger partial charge in [-0.3, -0.25) is 9.78 Å². The van der Waals surface area contributed by atoms with Crippen LogP contribution in [0.4, 0.5) is 0 Å². The molecular formula is C20H19N5O3. The minimum Gasteiger partial charge on any atom is -0.488 e. The molecule has 0 saturated heterocycles. The smallest absolute Gasteiger partial charge is 0.333 e. The van der Waals surface area contributed by atoms with Crippen LogP contribution in [0, 0.1) is 0 Å². The number of rotatable bonds is 0. The molecule has 4 aromatic rings. The van der Waals surface area contributed by atoms with E-state index < -0.39 is 0 Å². The van der Waals surface area contributed by atoms with Crippen molar-refractivity contribution >= 4 is 22.2 Å². The van der Waals surface area contributed by atoms with E-state index in [0.29, 0.717) is 33.8 Å². The van der Waals surface area contributed by atoms with Gasteiger partial charge in [-0.05, 0) is 38.8 Å². The zero-order valence-corrected chi connectivity index (χ0v) is 15.5. The molecule has 4 aromatic heterocycles. The lowest BCUT2D eigenvalue weighted by molar-refractivity contribution is 0.202. The summed E-state index contributed by atoms with van der Waals surface area (Å²) in [6.45, 7) is 4.10. The summed E-state index contributed by atoms with van der Waals surface area (Å²) < 4.78 is 9.61. The van der Waals surface area contributed by atoms with Crippen LogP contribution in [-0.4, -0.2) is 30.2 Å². The summed E-state index contributed by atoms with van der Waals surface area (Å²) in [5.74, 6) is 0.998. The number of nitrogens with one attached hydrogen (secondary N) is 1. The average molecular weight is 377 g/mol. The predicted molar refractivity (Wildman–Crippen MR) is 105 cm³/mol. The standard InChI is InChI=1S/C20H19N5O3/c1-11-3-4-12(2)28-15-7-9-21-18-17(15)25(20(27)23-18)16-6-5-13-14(26)8-10-24(11)19(13)22-16/h5-12H,3-4H2,1-2H3,(H,21,23,27)/t11-,12?/m1/s1. The fourth-order valence-electron chi connectivity index (χ4n) is 3.82. The molecule has 2 atom stereocenters. The summed E-state index contributed by atoms with van der Waals surface area (Å²) >= 11 is 0. The SMILES string of the molecule is CC1CC[C@@H](C)n2ccc(=O)c3ccc(nc32)-n2c(=O)[nH]c3nccc(c32)O1. The number of ether oxygens (including phenoxy) is 1. The third-order valence-electron chi connectivity index (χ3n) is 5.32. The Balaban J connectivity index is 1.91. The summed E-state index contributed by atoms with van der Waals surface area (Å²) in [6, 6.07) is 6.84. The van der Waals surface area contributed by atoms with Gasteiger partial charge < -0.3 is 9.30 Å². The van der Waals surface area contributed by atoms with Crippen LogP contribution in [0.1, 0.15) is 32.7 Å². The molecular weight excluding hydrogens is 358 g/mol. The van der Waals surface area contributed by atoms with Gasteiger partial charge in [0.25, 0.3) is 0 Å². The Labute approximate surface area is 159 Å². The summed E-state index contributed by atoms with van der Waals surface area (Å²) in [5, 5.41) is 0.533. The fourth-order valence-corrected chi connectivity index (χ4v) is 3.82. The Morgan fingerprint density at radius 1 is 1.14 bits per heavy atom. The first kappa shape index (κ1) is 16.7. The molecule has 142 valence electrons. The number of aromatic amines is 1. The van der Waals surface area contributed by atoms with E-state index in [1.54, 1.807) is 36.7 Å². The van der Waals surface area contributed by atoms with Gasteiger partial charge in [-0.1, -0.05) is 0 Å². The predicted octanol–water partition coefficient (Wildman–Crippen LogP) is 2.55. The molecule has 28 heavy (non-hydrogen) atoms. The third kappa shape index (κ3) is 2.45. The zero-order chi connectivity index (χ0) is 19.4. The van der Waals surface area contributed by atoms with Crippen LogP contribution < -0.4 is 15.9 Å². The first-order valence-corrected chi connectivity index (χ1v) is 9.31. The van der Waals surface area contributed by atoms with E-state index >= 15 is 0 Å². The monoisotopic (exact) mass is 377 g/mol. The third-order valence-corrected chi connectivity index (χ3v) is 5.32. The van der Waals surface area contributed by atoms with E-state index in [1.807, 2.05) is 11.5 Å². The lowest BCUT2D eigenvalue weighted by atomic mass is 10.1. The second kappa shape index (κ2) is 6.05. The Morgan fingerprint density at radius 2 is 2.00 bits per heavy atom. The van der Waals surface area contributed by atoms with Crippen LogP contribution in [0.3, 0.4) is 0 Å². The van der Waals surface area contributed by atoms with Crippen LogP contribution in [0.15, 0.2) is 46.2 Å². The van der Waals surface area contributed by atoms with E-state index in [9.17, 15) is 9.59 Å². The van der Waals surface area contributed by atoms with E-state index in [0.717, 1.165) is 12.8 Å². The van der Waals surface area contributed by atoms with Crippen molar-refractivity contribution in [3.63, 3.8) is 0 Å². The Bertz CT molecular complexity index is 1330. The van der Waals surface area contributed by atoms with Crippen LogP contribution in [-0.2, 0) is 0 Å². The van der Waals surface area contributed by atoms with Gasteiger partial charge >= 0.3 is 5.69 Å². The highest BCUT2D eigenvalue weighted by molar-refractivity contribution is 5.81. The van der Waals surface area contributed by atoms with Crippen molar-refractivity contribution in [3.8, 4) is 11.6 Å². The molecule has 5 rings (SSSR count). The number of hydrogen-bond donors (Lipinski definition) is 1. The number of H-pyrrole nitrogens is 1. The van der Waals surface area contributed by atoms with E-state index in [2.05, 4.69) is 16.9 Å². The normalized spacial score (nSPS) is 19.4. The van der Waals surface area contributed by atoms with Crippen molar-refractivity contribution in [1.29, 1.82) is 0 Å². The molecule has 2 bridgehead atoms. The molecule has 1 aliphatic heterocycles. The minimum absolute atomic E-state index is 0.0490. The lowest BCUT2D eigenvalue weighted by Gasteiger charge is -2.22. The number of aromatic nitrogens is 5. The Hall–Kier alpha value is -3.42. The maximum absolute atomic E-state index is 12.7. The van der Waals surface area contributed by atoms with Crippen molar-refractivity contribution in [1.82, 2.24) is 24.1 Å². The summed E-state index contributed by atoms with van der Waals surface area (Å²) in [6.07, 6.45) is 5.01. The highest BCUT2D eigenvalue weighted by Crippen LogP contribution is 2.28. The van der Waals surface area contributed by atoms with Crippen molar-refractivity contribution in [2.75, 3.05) is 0 Å². The number of fused-ring (bicyclic) bond motifs is 2. The van der Waals surface area contributed by atoms with Gasteiger partial charge in [-0.2, -0.15) is 0 Å². The fraction of sp³-hybridized carbons (Fsp3) is 0.300. The molecule has 0 aromatic carbocycles. The van der Waals surface area contributed by atoms with E-state index in [-0.39, 0.29) is 23.3 Å². The maximum Gasteiger partial charge on any atom is 0.333 e. The molecule has 0 saturated carbocycles. The first-order valence-electron chi connectivity index (χ1n) is 9.31. The van der Waals surface area contributed by atoms with Crippen molar-refractivity contribution < 1.29 is 4.74 Å². The molecule has 1 N–H and O–H groups in total. The largest absolute Gasteiger partial charge is 0.488 e. The molecule has 1 aliphatic rings. The zero-order valence-electron chi connectivity index (χ0n) is 15.5. The summed E-state index contributed by atoms with van der Waals surface area (Å²) in [5.41, 5.74) is 1.11. The minimum atomic E-state index is -0.354. The highest BCUT2D eigenvalue weighted by Gasteiger charge is 2.20.